The van der Waals surface area contributed by atoms with Gasteiger partial charge in [0.25, 0.3) is 0 Å². The number of benzene rings is 3. The lowest BCUT2D eigenvalue weighted by molar-refractivity contribution is -0.146. The van der Waals surface area contributed by atoms with Gasteiger partial charge in [0.1, 0.15) is 23.9 Å². The van der Waals surface area contributed by atoms with Crippen molar-refractivity contribution in [1.82, 2.24) is 34.6 Å². The zero-order valence-electron chi connectivity index (χ0n) is 29.6. The van der Waals surface area contributed by atoms with Gasteiger partial charge < -0.3 is 39.4 Å². The highest BCUT2D eigenvalue weighted by Gasteiger charge is 2.22. The van der Waals surface area contributed by atoms with Gasteiger partial charge >= 0.3 is 5.97 Å². The Hall–Kier alpha value is -5.87. The number of carboxylic acid groups (broad SMARTS) is 1. The molecule has 0 unspecified atom stereocenters. The Morgan fingerprint density at radius 3 is 2.27 bits per heavy atom. The molecule has 0 radical (unpaired) electrons. The van der Waals surface area contributed by atoms with E-state index >= 15 is 0 Å². The highest BCUT2D eigenvalue weighted by Crippen LogP contribution is 2.29. The summed E-state index contributed by atoms with van der Waals surface area (Å²) in [4.78, 5) is 60.7. The number of carbonyl (C=O) groups excluding carboxylic acids is 2. The number of hydrogen-bond donors (Lipinski definition) is 3. The lowest BCUT2D eigenvalue weighted by atomic mass is 10.2. The van der Waals surface area contributed by atoms with Gasteiger partial charge in [0.2, 0.25) is 11.8 Å². The Labute approximate surface area is 302 Å². The van der Waals surface area contributed by atoms with Crippen LogP contribution in [0, 0.1) is 12.3 Å². The minimum absolute atomic E-state index is 0.137. The highest BCUT2D eigenvalue weighted by molar-refractivity contribution is 5.88. The summed E-state index contributed by atoms with van der Waals surface area (Å²) in [6, 6.07) is 20.1. The molecule has 1 aliphatic rings. The van der Waals surface area contributed by atoms with Gasteiger partial charge in [-0.2, -0.15) is 0 Å². The molecule has 0 atom stereocenters. The number of aromatic nitrogens is 4. The number of fused-ring (bicyclic) bond motifs is 2. The number of anilines is 1. The predicted octanol–water partition coefficient (Wildman–Crippen LogP) is 4.47. The zero-order valence-corrected chi connectivity index (χ0v) is 29.6. The number of ether oxygens (including phenoxy) is 1. The summed E-state index contributed by atoms with van der Waals surface area (Å²) < 4.78 is 5.99. The van der Waals surface area contributed by atoms with Gasteiger partial charge in [-0.3, -0.25) is 14.4 Å². The number of terminal acetylenes is 1. The summed E-state index contributed by atoms with van der Waals surface area (Å²) in [6.45, 7) is 5.82. The average molecular weight is 705 g/mol. The van der Waals surface area contributed by atoms with Crippen LogP contribution in [0.15, 0.2) is 60.7 Å². The van der Waals surface area contributed by atoms with Crippen LogP contribution in [0.1, 0.15) is 26.2 Å². The second kappa shape index (κ2) is 16.4. The van der Waals surface area contributed by atoms with Crippen molar-refractivity contribution in [2.75, 3.05) is 70.9 Å². The highest BCUT2D eigenvalue weighted by atomic mass is 16.5. The fourth-order valence-corrected chi connectivity index (χ4v) is 6.32. The molecule has 3 aromatic carbocycles. The molecule has 0 bridgehead atoms. The molecule has 0 aliphatic carbocycles. The predicted molar refractivity (Wildman–Crippen MR) is 201 cm³/mol. The number of nitrogens with one attached hydrogen (secondary N) is 2. The van der Waals surface area contributed by atoms with Crippen molar-refractivity contribution in [3.63, 3.8) is 0 Å². The Kier molecular flexibility index (Phi) is 11.4. The number of carboxylic acids is 1. The first-order chi connectivity index (χ1) is 25.2. The standard InChI is InChI=1S/C39H44N8O5/c1-4-15-46(25-36(49)47(16-5-2)26-37(50)51)35(48)10-7-21-52-30-9-6-8-27(22-30)38-40-31-13-11-28(23-33(31)42-38)39-41-32-14-12-29(24-34(32)43-39)45-19-17-44(3)18-20-45/h2,6,8-9,11-14,22-24H,4,7,10,15-21,25-26H2,1,3H3,(H,40,42)(H,41,43)(H,50,51). The van der Waals surface area contributed by atoms with Gasteiger partial charge in [0.05, 0.1) is 41.8 Å². The number of carbonyl (C=O) groups is 3. The van der Waals surface area contributed by atoms with Gasteiger partial charge in [0, 0.05) is 56.0 Å². The first-order valence-corrected chi connectivity index (χ1v) is 17.6. The van der Waals surface area contributed by atoms with Gasteiger partial charge in [-0.05, 0) is 68.4 Å². The summed E-state index contributed by atoms with van der Waals surface area (Å²) in [5, 5.41) is 9.10. The van der Waals surface area contributed by atoms with Crippen LogP contribution in [0.2, 0.25) is 0 Å². The normalized spacial score (nSPS) is 13.3. The second-order valence-electron chi connectivity index (χ2n) is 13.0. The fourth-order valence-electron chi connectivity index (χ4n) is 6.32. The molecular formula is C39H44N8O5. The molecule has 3 N–H and O–H groups in total. The molecule has 270 valence electrons. The van der Waals surface area contributed by atoms with Crippen LogP contribution in [-0.2, 0) is 14.4 Å². The molecule has 13 nitrogen and oxygen atoms in total. The van der Waals surface area contributed by atoms with Crippen LogP contribution in [0.25, 0.3) is 44.8 Å². The van der Waals surface area contributed by atoms with Crippen LogP contribution < -0.4 is 9.64 Å². The van der Waals surface area contributed by atoms with Gasteiger partial charge in [-0.25, -0.2) is 9.97 Å². The van der Waals surface area contributed by atoms with Crippen LogP contribution in [0.4, 0.5) is 5.69 Å². The summed E-state index contributed by atoms with van der Waals surface area (Å²) >= 11 is 0. The van der Waals surface area contributed by atoms with Crippen molar-refractivity contribution in [3.05, 3.63) is 60.7 Å². The topological polar surface area (TPSA) is 151 Å². The largest absolute Gasteiger partial charge is 0.494 e. The second-order valence-corrected chi connectivity index (χ2v) is 13.0. The monoisotopic (exact) mass is 704 g/mol. The Morgan fingerprint density at radius 2 is 1.58 bits per heavy atom. The third-order valence-electron chi connectivity index (χ3n) is 9.13. The van der Waals surface area contributed by atoms with Gasteiger partial charge in [-0.15, -0.1) is 6.42 Å². The lowest BCUT2D eigenvalue weighted by Gasteiger charge is -2.34. The maximum atomic E-state index is 13.0. The Morgan fingerprint density at radius 1 is 0.885 bits per heavy atom. The molecule has 13 heteroatoms. The van der Waals surface area contributed by atoms with E-state index in [1.165, 1.54) is 10.6 Å². The minimum atomic E-state index is -1.17. The van der Waals surface area contributed by atoms with Crippen LogP contribution >= 0.6 is 0 Å². The smallest absolute Gasteiger partial charge is 0.323 e. The number of aliphatic carboxylic acids is 1. The van der Waals surface area contributed by atoms with E-state index in [1.54, 1.807) is 0 Å². The van der Waals surface area contributed by atoms with Crippen molar-refractivity contribution in [1.29, 1.82) is 0 Å². The van der Waals surface area contributed by atoms with E-state index in [0.29, 0.717) is 37.6 Å². The molecule has 6 rings (SSSR count). The number of aromatic amines is 2. The molecule has 2 amide bonds. The summed E-state index contributed by atoms with van der Waals surface area (Å²) in [6.07, 6.45) is 6.56. The lowest BCUT2D eigenvalue weighted by Crippen LogP contribution is -2.45. The van der Waals surface area contributed by atoms with E-state index in [-0.39, 0.29) is 25.4 Å². The number of nitrogens with zero attached hydrogens (tertiary/aromatic N) is 6. The number of amides is 2. The maximum Gasteiger partial charge on any atom is 0.323 e. The third-order valence-corrected chi connectivity index (χ3v) is 9.13. The maximum absolute atomic E-state index is 13.0. The molecule has 1 saturated heterocycles. The minimum Gasteiger partial charge on any atom is -0.494 e. The van der Waals surface area contributed by atoms with Crippen molar-refractivity contribution in [2.24, 2.45) is 0 Å². The molecule has 0 saturated carbocycles. The molecule has 1 fully saturated rings. The van der Waals surface area contributed by atoms with Crippen molar-refractivity contribution in [2.45, 2.75) is 26.2 Å². The fraction of sp³-hybridized carbons (Fsp3) is 0.359. The molecular weight excluding hydrogens is 660 g/mol. The number of likely N-dealkylation sites (N-methyl/N-ethyl adjacent to an activating group) is 1. The number of hydrogen-bond acceptors (Lipinski definition) is 8. The molecule has 1 aliphatic heterocycles. The zero-order chi connectivity index (χ0) is 36.6. The number of H-pyrrole nitrogens is 2. The number of rotatable bonds is 15. The van der Waals surface area contributed by atoms with Gasteiger partial charge in [0.15, 0.2) is 0 Å². The van der Waals surface area contributed by atoms with Crippen molar-refractivity contribution < 1.29 is 24.2 Å². The molecule has 2 aromatic heterocycles. The molecule has 3 heterocycles. The summed E-state index contributed by atoms with van der Waals surface area (Å²) in [5.41, 5.74) is 6.67. The first-order valence-electron chi connectivity index (χ1n) is 17.6. The number of piperazine rings is 1. The van der Waals surface area contributed by atoms with Crippen LogP contribution in [0.3, 0.4) is 0 Å². The average Bonchev–Trinajstić information content (AvgIpc) is 3.77. The van der Waals surface area contributed by atoms with E-state index in [4.69, 9.17) is 26.2 Å². The first kappa shape index (κ1) is 35.9. The summed E-state index contributed by atoms with van der Waals surface area (Å²) in [7, 11) is 2.16. The molecule has 5 aromatic rings. The quantitative estimate of drug-likeness (QED) is 0.106. The van der Waals surface area contributed by atoms with E-state index in [2.05, 4.69) is 57.0 Å². The van der Waals surface area contributed by atoms with E-state index < -0.39 is 18.4 Å². The Bertz CT molecular complexity index is 2090. The van der Waals surface area contributed by atoms with E-state index in [0.717, 1.165) is 70.1 Å². The van der Waals surface area contributed by atoms with E-state index in [9.17, 15) is 14.4 Å². The SMILES string of the molecule is C#CCN(CC(=O)O)C(=O)CN(CCC)C(=O)CCCOc1cccc(-c2nc3ccc(-c4nc5ccc(N6CCN(C)CC6)cc5[nH]4)cc3[nH]2)c1. The van der Waals surface area contributed by atoms with E-state index in [1.807, 2.05) is 43.3 Å². The molecule has 0 spiro atoms. The number of imidazole rings is 2. The van der Waals surface area contributed by atoms with Crippen LogP contribution in [0.5, 0.6) is 5.75 Å². The van der Waals surface area contributed by atoms with Gasteiger partial charge in [-0.1, -0.05) is 25.0 Å². The summed E-state index contributed by atoms with van der Waals surface area (Å²) in [5.74, 6) is 2.58. The molecule has 52 heavy (non-hydrogen) atoms. The van der Waals surface area contributed by atoms with Crippen molar-refractivity contribution in [3.8, 4) is 40.9 Å². The van der Waals surface area contributed by atoms with Crippen molar-refractivity contribution >= 4 is 45.5 Å². The van der Waals surface area contributed by atoms with Crippen LogP contribution in [-0.4, -0.2) is 124 Å². The Balaban J connectivity index is 1.06. The third kappa shape index (κ3) is 8.70.